The molecule has 1 rings (SSSR count). The Labute approximate surface area is 113 Å². The summed E-state index contributed by atoms with van der Waals surface area (Å²) < 4.78 is 0. The molecule has 0 aromatic carbocycles. The third kappa shape index (κ3) is 5.29. The summed E-state index contributed by atoms with van der Waals surface area (Å²) in [6.07, 6.45) is 4.73. The SMILES string of the molecule is CC1CCC(N(C)C(=O)CSCCC(=O)O)CC1. The molecule has 4 nitrogen and oxygen atoms in total. The highest BCUT2D eigenvalue weighted by Crippen LogP contribution is 2.26. The molecule has 0 aromatic rings. The van der Waals surface area contributed by atoms with E-state index in [2.05, 4.69) is 6.92 Å². The third-order valence-corrected chi connectivity index (χ3v) is 4.56. The number of carboxylic acid groups (broad SMARTS) is 1. The minimum atomic E-state index is -0.801. The van der Waals surface area contributed by atoms with Crippen molar-refractivity contribution in [1.29, 1.82) is 0 Å². The number of amides is 1. The van der Waals surface area contributed by atoms with Crippen molar-refractivity contribution in [1.82, 2.24) is 4.90 Å². The van der Waals surface area contributed by atoms with Crippen LogP contribution < -0.4 is 0 Å². The van der Waals surface area contributed by atoms with E-state index in [0.717, 1.165) is 18.8 Å². The number of rotatable bonds is 6. The number of carboxylic acids is 1. The van der Waals surface area contributed by atoms with E-state index in [-0.39, 0.29) is 12.3 Å². The number of hydrogen-bond acceptors (Lipinski definition) is 3. The van der Waals surface area contributed by atoms with E-state index in [9.17, 15) is 9.59 Å². The minimum Gasteiger partial charge on any atom is -0.481 e. The van der Waals surface area contributed by atoms with Crippen molar-refractivity contribution < 1.29 is 14.7 Å². The molecule has 0 aliphatic heterocycles. The first-order valence-electron chi connectivity index (χ1n) is 6.56. The molecule has 0 saturated heterocycles. The molecule has 104 valence electrons. The highest BCUT2D eigenvalue weighted by molar-refractivity contribution is 7.99. The number of thioether (sulfide) groups is 1. The lowest BCUT2D eigenvalue weighted by Gasteiger charge is -2.33. The fourth-order valence-corrected chi connectivity index (χ4v) is 3.10. The van der Waals surface area contributed by atoms with Crippen LogP contribution in [0.2, 0.25) is 0 Å². The summed E-state index contributed by atoms with van der Waals surface area (Å²) in [5.74, 6) is 1.02. The maximum atomic E-state index is 11.9. The lowest BCUT2D eigenvalue weighted by Crippen LogP contribution is -2.40. The van der Waals surface area contributed by atoms with Gasteiger partial charge >= 0.3 is 5.97 Å². The summed E-state index contributed by atoms with van der Waals surface area (Å²) >= 11 is 1.41. The second-order valence-corrected chi connectivity index (χ2v) is 6.22. The Kier molecular flexibility index (Phi) is 6.54. The van der Waals surface area contributed by atoms with E-state index in [1.165, 1.54) is 24.6 Å². The molecule has 5 heteroatoms. The quantitative estimate of drug-likeness (QED) is 0.754. The van der Waals surface area contributed by atoms with Gasteiger partial charge in [0, 0.05) is 18.8 Å². The first kappa shape index (κ1) is 15.3. The molecule has 1 aliphatic rings. The van der Waals surface area contributed by atoms with Gasteiger partial charge in [-0.25, -0.2) is 0 Å². The zero-order valence-electron chi connectivity index (χ0n) is 11.2. The first-order chi connectivity index (χ1) is 8.50. The van der Waals surface area contributed by atoms with Gasteiger partial charge in [-0.15, -0.1) is 0 Å². The first-order valence-corrected chi connectivity index (χ1v) is 7.71. The Bertz CT molecular complexity index is 288. The zero-order valence-corrected chi connectivity index (χ0v) is 12.0. The minimum absolute atomic E-state index is 0.128. The maximum Gasteiger partial charge on any atom is 0.304 e. The molecule has 0 heterocycles. The van der Waals surface area contributed by atoms with Crippen molar-refractivity contribution in [3.8, 4) is 0 Å². The summed E-state index contributed by atoms with van der Waals surface area (Å²) in [5.41, 5.74) is 0. The standard InChI is InChI=1S/C13H23NO3S/c1-10-3-5-11(6-4-10)14(2)12(15)9-18-8-7-13(16)17/h10-11H,3-9H2,1-2H3,(H,16,17). The van der Waals surface area contributed by atoms with Crippen molar-refractivity contribution >= 4 is 23.6 Å². The van der Waals surface area contributed by atoms with Gasteiger partial charge in [0.05, 0.1) is 12.2 Å². The molecule has 0 spiro atoms. The number of aliphatic carboxylic acids is 1. The molecule has 18 heavy (non-hydrogen) atoms. The molecule has 0 unspecified atom stereocenters. The van der Waals surface area contributed by atoms with Crippen LogP contribution in [-0.2, 0) is 9.59 Å². The van der Waals surface area contributed by atoms with E-state index >= 15 is 0 Å². The van der Waals surface area contributed by atoms with Crippen molar-refractivity contribution in [2.75, 3.05) is 18.6 Å². The van der Waals surface area contributed by atoms with Crippen LogP contribution in [0, 0.1) is 5.92 Å². The summed E-state index contributed by atoms with van der Waals surface area (Å²) in [7, 11) is 1.88. The predicted octanol–water partition coefficient (Wildman–Crippen LogP) is 2.23. The van der Waals surface area contributed by atoms with E-state index in [4.69, 9.17) is 5.11 Å². The highest BCUT2D eigenvalue weighted by Gasteiger charge is 2.24. The largest absolute Gasteiger partial charge is 0.481 e. The van der Waals surface area contributed by atoms with Crippen LogP contribution in [-0.4, -0.2) is 46.5 Å². The normalized spacial score (nSPS) is 23.7. The fourth-order valence-electron chi connectivity index (χ4n) is 2.25. The van der Waals surface area contributed by atoms with Gasteiger partial charge in [0.1, 0.15) is 0 Å². The van der Waals surface area contributed by atoms with Gasteiger partial charge in [-0.2, -0.15) is 11.8 Å². The third-order valence-electron chi connectivity index (χ3n) is 3.61. The Hall–Kier alpha value is -0.710. The average molecular weight is 273 g/mol. The molecule has 1 saturated carbocycles. The Morgan fingerprint density at radius 1 is 1.28 bits per heavy atom. The lowest BCUT2D eigenvalue weighted by molar-refractivity contribution is -0.136. The number of carbonyl (C=O) groups is 2. The van der Waals surface area contributed by atoms with Crippen LogP contribution in [0.15, 0.2) is 0 Å². The molecule has 0 atom stereocenters. The van der Waals surface area contributed by atoms with Gasteiger partial charge in [-0.1, -0.05) is 6.92 Å². The second-order valence-electron chi connectivity index (χ2n) is 5.11. The zero-order chi connectivity index (χ0) is 13.5. The van der Waals surface area contributed by atoms with Crippen LogP contribution in [0.25, 0.3) is 0 Å². The average Bonchev–Trinajstić information content (AvgIpc) is 2.34. The Morgan fingerprint density at radius 2 is 1.89 bits per heavy atom. The van der Waals surface area contributed by atoms with Gasteiger partial charge in [-0.05, 0) is 31.6 Å². The molecule has 1 N–H and O–H groups in total. The van der Waals surface area contributed by atoms with Gasteiger partial charge in [-0.3, -0.25) is 9.59 Å². The summed E-state index contributed by atoms with van der Waals surface area (Å²) in [6, 6.07) is 0.383. The van der Waals surface area contributed by atoms with E-state index in [0.29, 0.717) is 17.5 Å². The molecule has 1 aliphatic carbocycles. The monoisotopic (exact) mass is 273 g/mol. The molecule has 0 aromatic heterocycles. The maximum absolute atomic E-state index is 11.9. The number of carbonyl (C=O) groups excluding carboxylic acids is 1. The van der Waals surface area contributed by atoms with E-state index in [1.54, 1.807) is 0 Å². The fraction of sp³-hybridized carbons (Fsp3) is 0.846. The summed E-state index contributed by atoms with van der Waals surface area (Å²) in [6.45, 7) is 2.26. The Balaban J connectivity index is 2.22. The van der Waals surface area contributed by atoms with Gasteiger partial charge in [0.25, 0.3) is 0 Å². The molecular formula is C13H23NO3S. The van der Waals surface area contributed by atoms with Crippen molar-refractivity contribution in [2.45, 2.75) is 45.1 Å². The number of hydrogen-bond donors (Lipinski definition) is 1. The highest BCUT2D eigenvalue weighted by atomic mass is 32.2. The van der Waals surface area contributed by atoms with Crippen LogP contribution >= 0.6 is 11.8 Å². The number of nitrogens with zero attached hydrogens (tertiary/aromatic N) is 1. The molecule has 1 amide bonds. The second kappa shape index (κ2) is 7.67. The smallest absolute Gasteiger partial charge is 0.304 e. The van der Waals surface area contributed by atoms with Crippen LogP contribution in [0.3, 0.4) is 0 Å². The van der Waals surface area contributed by atoms with Crippen molar-refractivity contribution in [3.63, 3.8) is 0 Å². The van der Waals surface area contributed by atoms with Crippen LogP contribution in [0.5, 0.6) is 0 Å². The van der Waals surface area contributed by atoms with Gasteiger partial charge in [0.15, 0.2) is 0 Å². The van der Waals surface area contributed by atoms with Gasteiger partial charge < -0.3 is 10.0 Å². The predicted molar refractivity (Wildman–Crippen MR) is 73.8 cm³/mol. The van der Waals surface area contributed by atoms with Crippen molar-refractivity contribution in [2.24, 2.45) is 5.92 Å². The van der Waals surface area contributed by atoms with Crippen LogP contribution in [0.4, 0.5) is 0 Å². The lowest BCUT2D eigenvalue weighted by atomic mass is 9.87. The van der Waals surface area contributed by atoms with Crippen molar-refractivity contribution in [3.05, 3.63) is 0 Å². The summed E-state index contributed by atoms with van der Waals surface area (Å²) in [5, 5.41) is 8.51. The molecule has 0 bridgehead atoms. The molecule has 1 fully saturated rings. The van der Waals surface area contributed by atoms with Gasteiger partial charge in [0.2, 0.25) is 5.91 Å². The van der Waals surface area contributed by atoms with Crippen LogP contribution in [0.1, 0.15) is 39.0 Å². The van der Waals surface area contributed by atoms with E-state index < -0.39 is 5.97 Å². The summed E-state index contributed by atoms with van der Waals surface area (Å²) in [4.78, 5) is 24.1. The Morgan fingerprint density at radius 3 is 2.44 bits per heavy atom. The van der Waals surface area contributed by atoms with E-state index in [1.807, 2.05) is 11.9 Å². The topological polar surface area (TPSA) is 57.6 Å². The molecule has 0 radical (unpaired) electrons. The molecular weight excluding hydrogens is 250 g/mol.